The van der Waals surface area contributed by atoms with Crippen molar-refractivity contribution >= 4 is 17.4 Å². The van der Waals surface area contributed by atoms with Crippen LogP contribution in [0.1, 0.15) is 28.6 Å². The lowest BCUT2D eigenvalue weighted by molar-refractivity contribution is -0.140. The van der Waals surface area contributed by atoms with Crippen molar-refractivity contribution in [3.8, 4) is 5.75 Å². The fourth-order valence-corrected chi connectivity index (χ4v) is 4.38. The molecule has 4 rings (SSSR count). The van der Waals surface area contributed by atoms with Crippen molar-refractivity contribution in [2.24, 2.45) is 0 Å². The van der Waals surface area contributed by atoms with Gasteiger partial charge in [0, 0.05) is 31.9 Å². The Morgan fingerprint density at radius 2 is 2.00 bits per heavy atom. The van der Waals surface area contributed by atoms with Gasteiger partial charge in [-0.2, -0.15) is 5.10 Å². The number of ketones is 1. The Hall–Kier alpha value is -3.17. The molecule has 9 nitrogen and oxygen atoms in total. The van der Waals surface area contributed by atoms with E-state index in [2.05, 4.69) is 15.1 Å². The number of nitrogens with one attached hydrogen (secondary N) is 1. The molecule has 1 amide bonds. The number of nitrogens with zero attached hydrogens (tertiary/aromatic N) is 3. The van der Waals surface area contributed by atoms with Crippen molar-refractivity contribution < 1.29 is 24.2 Å². The molecule has 2 N–H and O–H groups in total. The number of morpholine rings is 1. The number of ether oxygens (including phenoxy) is 2. The van der Waals surface area contributed by atoms with Crippen LogP contribution in [-0.2, 0) is 14.3 Å². The van der Waals surface area contributed by atoms with Crippen molar-refractivity contribution in [1.29, 1.82) is 0 Å². The van der Waals surface area contributed by atoms with Gasteiger partial charge in [-0.15, -0.1) is 0 Å². The average Bonchev–Trinajstić information content (AvgIpc) is 3.28. The summed E-state index contributed by atoms with van der Waals surface area (Å²) in [4.78, 5) is 30.0. The second-order valence-electron chi connectivity index (χ2n) is 8.03. The summed E-state index contributed by atoms with van der Waals surface area (Å²) in [5.41, 5.74) is 2.40. The molecule has 32 heavy (non-hydrogen) atoms. The number of aliphatic hydroxyl groups excluding tert-OH is 1. The van der Waals surface area contributed by atoms with Gasteiger partial charge in [0.1, 0.15) is 11.5 Å². The van der Waals surface area contributed by atoms with Crippen LogP contribution in [-0.4, -0.2) is 83.3 Å². The van der Waals surface area contributed by atoms with Gasteiger partial charge in [0.05, 0.1) is 43.2 Å². The van der Waals surface area contributed by atoms with Crippen molar-refractivity contribution in [2.75, 3.05) is 46.5 Å². The molecule has 0 aliphatic carbocycles. The molecule has 3 heterocycles. The third-order valence-electron chi connectivity index (χ3n) is 6.08. The number of likely N-dealkylation sites (tertiary alicyclic amines) is 1. The Labute approximate surface area is 186 Å². The molecule has 2 fully saturated rings. The minimum atomic E-state index is -0.722. The number of aromatic nitrogens is 2. The van der Waals surface area contributed by atoms with E-state index in [-0.39, 0.29) is 11.3 Å². The maximum Gasteiger partial charge on any atom is 0.295 e. The van der Waals surface area contributed by atoms with Gasteiger partial charge < -0.3 is 19.5 Å². The van der Waals surface area contributed by atoms with Gasteiger partial charge >= 0.3 is 0 Å². The van der Waals surface area contributed by atoms with Crippen molar-refractivity contribution in [3.63, 3.8) is 0 Å². The lowest BCUT2D eigenvalue weighted by Gasteiger charge is -2.31. The van der Waals surface area contributed by atoms with E-state index >= 15 is 0 Å². The molecule has 0 unspecified atom stereocenters. The van der Waals surface area contributed by atoms with Crippen LogP contribution in [0.5, 0.6) is 5.75 Å². The zero-order valence-corrected chi connectivity index (χ0v) is 18.6. The molecule has 2 aromatic rings. The minimum absolute atomic E-state index is 0.0674. The number of aliphatic hydroxyl groups is 1. The molecule has 1 aromatic carbocycles. The predicted octanol–water partition coefficient (Wildman–Crippen LogP) is 1.79. The third kappa shape index (κ3) is 4.01. The molecule has 2 saturated heterocycles. The fourth-order valence-electron chi connectivity index (χ4n) is 4.38. The number of amides is 1. The standard InChI is InChI=1S/C23H28N4O5/c1-14-18(15(2)25-24-14)21(28)19-20(16-5-4-6-17(13-16)31-3)27(23(30)22(19)29)8-7-26-9-11-32-12-10-26/h4-6,13,20,28H,7-12H2,1-3H3,(H,24,25)/t20-/m0/s1. The Morgan fingerprint density at radius 3 is 2.66 bits per heavy atom. The molecule has 0 saturated carbocycles. The Balaban J connectivity index is 1.78. The second kappa shape index (κ2) is 9.13. The Bertz CT molecular complexity index is 1030. The molecule has 1 atom stereocenters. The first kappa shape index (κ1) is 22.0. The number of H-pyrrole nitrogens is 1. The third-order valence-corrected chi connectivity index (χ3v) is 6.08. The number of carbonyl (C=O) groups excluding carboxylic acids is 2. The van der Waals surface area contributed by atoms with E-state index < -0.39 is 17.7 Å². The molecule has 1 aromatic heterocycles. The summed E-state index contributed by atoms with van der Waals surface area (Å²) in [6.07, 6.45) is 0. The molecule has 0 bridgehead atoms. The van der Waals surface area contributed by atoms with Crippen molar-refractivity contribution in [2.45, 2.75) is 19.9 Å². The number of aryl methyl sites for hydroxylation is 2. The zero-order valence-electron chi connectivity index (χ0n) is 18.6. The topological polar surface area (TPSA) is 108 Å². The normalized spacial score (nSPS) is 21.3. The first-order valence-corrected chi connectivity index (χ1v) is 10.7. The predicted molar refractivity (Wildman–Crippen MR) is 117 cm³/mol. The van der Waals surface area contributed by atoms with Gasteiger partial charge in [0.25, 0.3) is 11.7 Å². The summed E-state index contributed by atoms with van der Waals surface area (Å²) in [6, 6.07) is 6.52. The molecule has 170 valence electrons. The summed E-state index contributed by atoms with van der Waals surface area (Å²) >= 11 is 0. The lowest BCUT2D eigenvalue weighted by Crippen LogP contribution is -2.42. The number of rotatable bonds is 6. The number of carbonyl (C=O) groups is 2. The van der Waals surface area contributed by atoms with E-state index in [0.717, 1.165) is 13.1 Å². The van der Waals surface area contributed by atoms with Crippen LogP contribution in [0.15, 0.2) is 29.8 Å². The van der Waals surface area contributed by atoms with Gasteiger partial charge in [-0.25, -0.2) is 0 Å². The Kier molecular flexibility index (Phi) is 6.29. The van der Waals surface area contributed by atoms with Crippen LogP contribution in [0.3, 0.4) is 0 Å². The summed E-state index contributed by atoms with van der Waals surface area (Å²) in [5.74, 6) is -0.922. The van der Waals surface area contributed by atoms with Crippen molar-refractivity contribution in [3.05, 3.63) is 52.4 Å². The Morgan fingerprint density at radius 1 is 1.25 bits per heavy atom. The monoisotopic (exact) mass is 440 g/mol. The van der Waals surface area contributed by atoms with E-state index in [0.29, 0.717) is 54.6 Å². The van der Waals surface area contributed by atoms with Crippen LogP contribution in [0.4, 0.5) is 0 Å². The molecular weight excluding hydrogens is 412 g/mol. The van der Waals surface area contributed by atoms with E-state index in [1.807, 2.05) is 12.1 Å². The summed E-state index contributed by atoms with van der Waals surface area (Å²) in [5, 5.41) is 18.2. The number of methoxy groups -OCH3 is 1. The highest BCUT2D eigenvalue weighted by atomic mass is 16.5. The van der Waals surface area contributed by atoms with Crippen LogP contribution in [0.25, 0.3) is 5.76 Å². The minimum Gasteiger partial charge on any atom is -0.507 e. The summed E-state index contributed by atoms with van der Waals surface area (Å²) < 4.78 is 10.8. The molecule has 2 aliphatic rings. The van der Waals surface area contributed by atoms with Crippen molar-refractivity contribution in [1.82, 2.24) is 20.0 Å². The van der Waals surface area contributed by atoms with Gasteiger partial charge in [0.2, 0.25) is 0 Å². The average molecular weight is 441 g/mol. The van der Waals surface area contributed by atoms with Crippen LogP contribution < -0.4 is 4.74 Å². The second-order valence-corrected chi connectivity index (χ2v) is 8.03. The van der Waals surface area contributed by atoms with Gasteiger partial charge in [0.15, 0.2) is 0 Å². The summed E-state index contributed by atoms with van der Waals surface area (Å²) in [6.45, 7) is 7.33. The zero-order chi connectivity index (χ0) is 22.8. The summed E-state index contributed by atoms with van der Waals surface area (Å²) in [7, 11) is 1.56. The fraction of sp³-hybridized carbons (Fsp3) is 0.435. The maximum absolute atomic E-state index is 13.2. The first-order chi connectivity index (χ1) is 15.4. The SMILES string of the molecule is COc1cccc([C@H]2C(=C(O)c3c(C)n[nH]c3C)C(=O)C(=O)N2CCN2CCOCC2)c1. The highest BCUT2D eigenvalue weighted by molar-refractivity contribution is 6.46. The smallest absolute Gasteiger partial charge is 0.295 e. The molecule has 9 heteroatoms. The highest BCUT2D eigenvalue weighted by Crippen LogP contribution is 2.40. The number of Topliss-reactive ketones (excluding diaryl/α,β-unsaturated/α-hetero) is 1. The van der Waals surface area contributed by atoms with Crippen LogP contribution in [0.2, 0.25) is 0 Å². The van der Waals surface area contributed by atoms with E-state index in [1.165, 1.54) is 0 Å². The van der Waals surface area contributed by atoms with Crippen LogP contribution in [0, 0.1) is 13.8 Å². The number of hydrogen-bond donors (Lipinski definition) is 2. The highest BCUT2D eigenvalue weighted by Gasteiger charge is 2.46. The number of benzene rings is 1. The largest absolute Gasteiger partial charge is 0.507 e. The van der Waals surface area contributed by atoms with Gasteiger partial charge in [-0.05, 0) is 31.5 Å². The van der Waals surface area contributed by atoms with E-state index in [9.17, 15) is 14.7 Å². The number of hydrogen-bond acceptors (Lipinski definition) is 7. The maximum atomic E-state index is 13.2. The molecule has 0 spiro atoms. The lowest BCUT2D eigenvalue weighted by atomic mass is 9.94. The van der Waals surface area contributed by atoms with Gasteiger partial charge in [-0.1, -0.05) is 12.1 Å². The molecule has 2 aliphatic heterocycles. The molecule has 0 radical (unpaired) electrons. The molecular formula is C23H28N4O5. The van der Waals surface area contributed by atoms with Crippen LogP contribution >= 0.6 is 0 Å². The quantitative estimate of drug-likeness (QED) is 0.401. The number of aromatic amines is 1. The van der Waals surface area contributed by atoms with E-state index in [4.69, 9.17) is 9.47 Å². The van der Waals surface area contributed by atoms with E-state index in [1.54, 1.807) is 38.0 Å². The first-order valence-electron chi connectivity index (χ1n) is 10.7. The van der Waals surface area contributed by atoms with Gasteiger partial charge in [-0.3, -0.25) is 19.6 Å².